The number of carbonyl (C=O) groups excluding carboxylic acids is 2. The van der Waals surface area contributed by atoms with Crippen molar-refractivity contribution in [3.05, 3.63) is 34.6 Å². The molecule has 1 aliphatic rings. The summed E-state index contributed by atoms with van der Waals surface area (Å²) in [5, 5.41) is 0. The highest BCUT2D eigenvalue weighted by atomic mass is 79.9. The average molecular weight is 386 g/mol. The van der Waals surface area contributed by atoms with Gasteiger partial charge in [0.1, 0.15) is 17.4 Å². The summed E-state index contributed by atoms with van der Waals surface area (Å²) < 4.78 is 17.8. The average Bonchev–Trinajstić information content (AvgIpc) is 3.02. The van der Waals surface area contributed by atoms with Crippen molar-refractivity contribution in [3.8, 4) is 0 Å². The van der Waals surface area contributed by atoms with E-state index in [2.05, 4.69) is 15.9 Å². The summed E-state index contributed by atoms with van der Waals surface area (Å²) in [7, 11) is 1.34. The topological polar surface area (TPSA) is 66.8 Å². The lowest BCUT2D eigenvalue weighted by Crippen LogP contribution is -2.27. The number of allylic oxidation sites excluding steroid dienone is 1. The molecule has 1 aromatic heterocycles. The monoisotopic (exact) mass is 385 g/mol. The molecule has 0 amide bonds. The van der Waals surface area contributed by atoms with E-state index in [0.717, 1.165) is 4.60 Å². The summed E-state index contributed by atoms with van der Waals surface area (Å²) in [6, 6.07) is 3.36. The van der Waals surface area contributed by atoms with E-state index in [4.69, 9.17) is 14.2 Å². The minimum Gasteiger partial charge on any atom is -0.464 e. The quantitative estimate of drug-likeness (QED) is 0.583. The molecular weight excluding hydrogens is 366 g/mol. The molecular formula is C16H20BrNO5. The zero-order valence-electron chi connectivity index (χ0n) is 13.5. The Balaban J connectivity index is 2.04. The van der Waals surface area contributed by atoms with E-state index >= 15 is 0 Å². The van der Waals surface area contributed by atoms with E-state index in [-0.39, 0.29) is 6.04 Å². The Morgan fingerprint density at radius 3 is 2.57 bits per heavy atom. The molecule has 0 unspecified atom stereocenters. The number of methoxy groups -OCH3 is 1. The Hall–Kier alpha value is -1.76. The first kappa shape index (κ1) is 17.6. The second-order valence-electron chi connectivity index (χ2n) is 6.21. The summed E-state index contributed by atoms with van der Waals surface area (Å²) in [6.45, 7) is 5.34. The molecule has 1 aromatic rings. The van der Waals surface area contributed by atoms with Gasteiger partial charge in [0.25, 0.3) is 0 Å². The third-order valence-corrected chi connectivity index (χ3v) is 3.90. The molecule has 0 bridgehead atoms. The molecule has 6 nitrogen and oxygen atoms in total. The number of hydrogen-bond acceptors (Lipinski definition) is 5. The van der Waals surface area contributed by atoms with Gasteiger partial charge in [0.05, 0.1) is 17.8 Å². The molecule has 0 fully saturated rings. The van der Waals surface area contributed by atoms with Crippen LogP contribution in [0, 0.1) is 0 Å². The lowest BCUT2D eigenvalue weighted by Gasteiger charge is -2.21. The number of halogens is 1. The van der Waals surface area contributed by atoms with Gasteiger partial charge >= 0.3 is 12.1 Å². The molecule has 2 rings (SSSR count). The van der Waals surface area contributed by atoms with Gasteiger partial charge in [0, 0.05) is 6.42 Å². The van der Waals surface area contributed by atoms with Crippen LogP contribution in [-0.2, 0) is 14.2 Å². The smallest absolute Gasteiger partial charge is 0.464 e. The summed E-state index contributed by atoms with van der Waals surface area (Å²) >= 11 is 3.42. The highest BCUT2D eigenvalue weighted by molar-refractivity contribution is 9.10. The Morgan fingerprint density at radius 2 is 1.96 bits per heavy atom. The van der Waals surface area contributed by atoms with Gasteiger partial charge in [0.15, 0.2) is 0 Å². The van der Waals surface area contributed by atoms with E-state index in [1.807, 2.05) is 6.08 Å². The Kier molecular flexibility index (Phi) is 5.19. The molecule has 0 spiro atoms. The maximum atomic E-state index is 11.8. The normalized spacial score (nSPS) is 20.4. The zero-order chi connectivity index (χ0) is 17.2. The van der Waals surface area contributed by atoms with E-state index < -0.39 is 23.8 Å². The maximum absolute atomic E-state index is 11.8. The van der Waals surface area contributed by atoms with E-state index in [0.29, 0.717) is 12.1 Å². The fourth-order valence-electron chi connectivity index (χ4n) is 2.36. The molecule has 0 N–H and O–H groups in total. The molecule has 2 atom stereocenters. The molecule has 126 valence electrons. The molecule has 0 saturated heterocycles. The van der Waals surface area contributed by atoms with Gasteiger partial charge in [-0.1, -0.05) is 6.08 Å². The maximum Gasteiger partial charge on any atom is 0.509 e. The van der Waals surface area contributed by atoms with Gasteiger partial charge in [-0.05, 0) is 54.9 Å². The summed E-state index contributed by atoms with van der Waals surface area (Å²) in [6.07, 6.45) is 3.12. The van der Waals surface area contributed by atoms with Gasteiger partial charge in [-0.15, -0.1) is 0 Å². The molecule has 0 radical (unpaired) electrons. The summed E-state index contributed by atoms with van der Waals surface area (Å²) in [5.74, 6) is -0.416. The van der Waals surface area contributed by atoms with Crippen molar-refractivity contribution in [1.82, 2.24) is 4.57 Å². The predicted molar refractivity (Wildman–Crippen MR) is 87.4 cm³/mol. The second kappa shape index (κ2) is 6.78. The molecule has 23 heavy (non-hydrogen) atoms. The van der Waals surface area contributed by atoms with Crippen molar-refractivity contribution >= 4 is 28.1 Å². The lowest BCUT2D eigenvalue weighted by atomic mass is 10.2. The SMILES string of the molecule is COC(=O)c1ccc(Br)n1[C@@H]1C=C[C@H](OC(=O)OC(C)(C)C)C1. The molecule has 0 aliphatic heterocycles. The molecule has 0 saturated carbocycles. The van der Waals surface area contributed by atoms with E-state index in [9.17, 15) is 9.59 Å². The number of ether oxygens (including phenoxy) is 3. The molecule has 0 aromatic carbocycles. The van der Waals surface area contributed by atoms with Crippen molar-refractivity contribution < 1.29 is 23.8 Å². The van der Waals surface area contributed by atoms with Crippen LogP contribution in [0.2, 0.25) is 0 Å². The van der Waals surface area contributed by atoms with E-state index in [1.54, 1.807) is 43.5 Å². The number of carbonyl (C=O) groups is 2. The van der Waals surface area contributed by atoms with Crippen molar-refractivity contribution in [2.75, 3.05) is 7.11 Å². The van der Waals surface area contributed by atoms with Crippen molar-refractivity contribution in [1.29, 1.82) is 0 Å². The molecule has 7 heteroatoms. The fraction of sp³-hybridized carbons (Fsp3) is 0.500. The van der Waals surface area contributed by atoms with Gasteiger partial charge in [-0.2, -0.15) is 0 Å². The van der Waals surface area contributed by atoms with Gasteiger partial charge in [-0.3, -0.25) is 0 Å². The largest absolute Gasteiger partial charge is 0.509 e. The Labute approximate surface area is 143 Å². The van der Waals surface area contributed by atoms with Crippen molar-refractivity contribution in [3.63, 3.8) is 0 Å². The minimum absolute atomic E-state index is 0.110. The predicted octanol–water partition coefficient (Wildman–Crippen LogP) is 3.86. The highest BCUT2D eigenvalue weighted by Gasteiger charge is 2.29. The zero-order valence-corrected chi connectivity index (χ0v) is 15.1. The van der Waals surface area contributed by atoms with Crippen molar-refractivity contribution in [2.24, 2.45) is 0 Å². The van der Waals surface area contributed by atoms with Crippen LogP contribution >= 0.6 is 15.9 Å². The summed E-state index contributed by atoms with van der Waals surface area (Å²) in [5.41, 5.74) is -0.160. The number of hydrogen-bond donors (Lipinski definition) is 0. The van der Waals surface area contributed by atoms with Gasteiger partial charge in [-0.25, -0.2) is 9.59 Å². The fourth-order valence-corrected chi connectivity index (χ4v) is 2.94. The van der Waals surface area contributed by atoms with Crippen LogP contribution in [0.5, 0.6) is 0 Å². The summed E-state index contributed by atoms with van der Waals surface area (Å²) in [4.78, 5) is 23.6. The number of esters is 1. The third-order valence-electron chi connectivity index (χ3n) is 3.25. The number of aromatic nitrogens is 1. The Morgan fingerprint density at radius 1 is 1.26 bits per heavy atom. The van der Waals surface area contributed by atoms with E-state index in [1.165, 1.54) is 7.11 Å². The minimum atomic E-state index is -0.701. The third kappa shape index (κ3) is 4.37. The van der Waals surface area contributed by atoms with Gasteiger partial charge in [0.2, 0.25) is 0 Å². The van der Waals surface area contributed by atoms with Crippen LogP contribution in [0.4, 0.5) is 4.79 Å². The number of rotatable bonds is 3. The van der Waals surface area contributed by atoms with Crippen molar-refractivity contribution in [2.45, 2.75) is 44.9 Å². The van der Waals surface area contributed by atoms with Crippen LogP contribution in [0.15, 0.2) is 28.9 Å². The highest BCUT2D eigenvalue weighted by Crippen LogP contribution is 2.31. The van der Waals surface area contributed by atoms with Crippen LogP contribution in [0.25, 0.3) is 0 Å². The number of nitrogens with zero attached hydrogens (tertiary/aromatic N) is 1. The lowest BCUT2D eigenvalue weighted by molar-refractivity contribution is -0.0192. The standard InChI is InChI=1S/C16H20BrNO5/c1-16(2,3)23-15(20)22-11-6-5-10(9-11)18-12(14(19)21-4)7-8-13(18)17/h5-8,10-11H,9H2,1-4H3/t10-,11+/m1/s1. The molecule has 1 heterocycles. The van der Waals surface area contributed by atoms with Gasteiger partial charge < -0.3 is 18.8 Å². The first-order chi connectivity index (χ1) is 10.7. The molecule has 1 aliphatic carbocycles. The van der Waals surface area contributed by atoms with Crippen LogP contribution in [-0.4, -0.2) is 35.5 Å². The Bertz CT molecular complexity index is 629. The second-order valence-corrected chi connectivity index (χ2v) is 7.02. The van der Waals surface area contributed by atoms with Crippen LogP contribution in [0.1, 0.15) is 43.7 Å². The van der Waals surface area contributed by atoms with Crippen LogP contribution < -0.4 is 0 Å². The first-order valence-electron chi connectivity index (χ1n) is 7.24. The first-order valence-corrected chi connectivity index (χ1v) is 8.03. The van der Waals surface area contributed by atoms with Crippen LogP contribution in [0.3, 0.4) is 0 Å².